The second-order valence-corrected chi connectivity index (χ2v) is 27.9. The molecule has 0 aliphatic carbocycles. The third-order valence-electron chi connectivity index (χ3n) is 16.9. The number of phosphoric ester groups is 1. The zero-order chi connectivity index (χ0) is 60.7. The van der Waals surface area contributed by atoms with Crippen LogP contribution in [0.25, 0.3) is 0 Å². The van der Waals surface area contributed by atoms with Crippen molar-refractivity contribution in [1.82, 2.24) is 5.32 Å². The highest BCUT2D eigenvalue weighted by Gasteiger charge is 2.30. The number of ether oxygens (including phenoxy) is 1. The number of carbonyl (C=O) groups excluding carboxylic acids is 2. The highest BCUT2D eigenvalue weighted by atomic mass is 31.2. The maximum atomic E-state index is 13.6. The third kappa shape index (κ3) is 64.8. The molecule has 0 saturated heterocycles. The van der Waals surface area contributed by atoms with Gasteiger partial charge in [0.2, 0.25) is 5.91 Å². The SMILES string of the molecule is CCCCCCCC/C=C/CCCCCCCCCCCC(=O)OC(/C=C/CCCCCCCCCCCCC)C(COP(=O)(O)OCC[N+](C)(C)C)NC(=O)CCCCCCCCCCCCCCCCCCCCCCCCCCC. The minimum absolute atomic E-state index is 0.0441. The fraction of sp³-hybridized carbons (Fsp3) is 0.918. The summed E-state index contributed by atoms with van der Waals surface area (Å²) in [6.45, 7) is 7.08. The van der Waals surface area contributed by atoms with Gasteiger partial charge in [0.25, 0.3) is 0 Å². The number of unbranched alkanes of at least 4 members (excludes halogenated alkanes) is 50. The Hall–Kier alpha value is -1.51. The van der Waals surface area contributed by atoms with E-state index in [1.807, 2.05) is 27.2 Å². The topological polar surface area (TPSA) is 111 Å². The van der Waals surface area contributed by atoms with Crippen molar-refractivity contribution in [2.24, 2.45) is 0 Å². The fourth-order valence-electron chi connectivity index (χ4n) is 11.2. The number of hydrogen-bond donors (Lipinski definition) is 2. The maximum absolute atomic E-state index is 13.6. The lowest BCUT2D eigenvalue weighted by Crippen LogP contribution is -2.47. The molecule has 9 nitrogen and oxygen atoms in total. The molecule has 0 aromatic heterocycles. The summed E-state index contributed by atoms with van der Waals surface area (Å²) in [6.07, 6.45) is 77.7. The molecule has 0 bridgehead atoms. The van der Waals surface area contributed by atoms with Gasteiger partial charge in [-0.15, -0.1) is 0 Å². The fourth-order valence-corrected chi connectivity index (χ4v) is 12.0. The van der Waals surface area contributed by atoms with Crippen LogP contribution >= 0.6 is 7.82 Å². The van der Waals surface area contributed by atoms with Crippen LogP contribution in [0.4, 0.5) is 0 Å². The van der Waals surface area contributed by atoms with E-state index in [9.17, 15) is 19.0 Å². The maximum Gasteiger partial charge on any atom is 0.472 e. The Morgan fingerprint density at radius 2 is 0.699 bits per heavy atom. The molecular formula is C73H144N2O7P+. The van der Waals surface area contributed by atoms with Gasteiger partial charge in [0, 0.05) is 12.8 Å². The number of quaternary nitrogens is 1. The number of phosphoric acid groups is 1. The van der Waals surface area contributed by atoms with Crippen molar-refractivity contribution >= 4 is 19.7 Å². The second kappa shape index (κ2) is 63.5. The van der Waals surface area contributed by atoms with E-state index >= 15 is 0 Å². The summed E-state index contributed by atoms with van der Waals surface area (Å²) in [7, 11) is 1.52. The van der Waals surface area contributed by atoms with Gasteiger partial charge >= 0.3 is 13.8 Å². The Balaban J connectivity index is 5.03. The van der Waals surface area contributed by atoms with Gasteiger partial charge < -0.3 is 19.4 Å². The molecule has 3 unspecified atom stereocenters. The van der Waals surface area contributed by atoms with Gasteiger partial charge in [0.15, 0.2) is 0 Å². The first-order chi connectivity index (χ1) is 40.4. The third-order valence-corrected chi connectivity index (χ3v) is 17.9. The number of amides is 1. The van der Waals surface area contributed by atoms with Crippen LogP contribution in [0.2, 0.25) is 0 Å². The molecule has 10 heteroatoms. The predicted octanol–water partition coefficient (Wildman–Crippen LogP) is 23.2. The van der Waals surface area contributed by atoms with E-state index in [1.54, 1.807) is 0 Å². The van der Waals surface area contributed by atoms with E-state index in [4.69, 9.17) is 13.8 Å². The van der Waals surface area contributed by atoms with Crippen LogP contribution in [0, 0.1) is 0 Å². The van der Waals surface area contributed by atoms with Crippen molar-refractivity contribution in [3.8, 4) is 0 Å². The monoisotopic (exact) mass is 1190 g/mol. The van der Waals surface area contributed by atoms with E-state index in [0.29, 0.717) is 23.9 Å². The highest BCUT2D eigenvalue weighted by molar-refractivity contribution is 7.47. The van der Waals surface area contributed by atoms with Crippen molar-refractivity contribution in [2.45, 2.75) is 392 Å². The molecule has 0 aliphatic heterocycles. The molecule has 0 aromatic rings. The predicted molar refractivity (Wildman–Crippen MR) is 360 cm³/mol. The highest BCUT2D eigenvalue weighted by Crippen LogP contribution is 2.43. The summed E-state index contributed by atoms with van der Waals surface area (Å²) in [4.78, 5) is 37.9. The van der Waals surface area contributed by atoms with Crippen LogP contribution in [0.5, 0.6) is 0 Å². The van der Waals surface area contributed by atoms with Crippen molar-refractivity contribution < 1.29 is 37.3 Å². The Morgan fingerprint density at radius 3 is 1.02 bits per heavy atom. The van der Waals surface area contributed by atoms with Crippen LogP contribution in [0.3, 0.4) is 0 Å². The normalized spacial score (nSPS) is 13.6. The van der Waals surface area contributed by atoms with Gasteiger partial charge in [0.1, 0.15) is 19.3 Å². The van der Waals surface area contributed by atoms with Crippen molar-refractivity contribution in [3.63, 3.8) is 0 Å². The number of rotatable bonds is 68. The van der Waals surface area contributed by atoms with Crippen LogP contribution in [-0.2, 0) is 27.9 Å². The van der Waals surface area contributed by atoms with Crippen molar-refractivity contribution in [2.75, 3.05) is 40.9 Å². The molecule has 2 N–H and O–H groups in total. The standard InChI is InChI=1S/C73H143N2O7P/c1-7-10-13-16-19-22-25-28-30-32-34-35-36-37-38-39-41-42-44-47-50-53-56-59-62-65-72(76)74-70(69-81-83(78,79)80-68-67-75(4,5)6)71(64-61-58-55-52-49-46-27-24-21-18-15-12-9-3)82-73(77)66-63-60-57-54-51-48-45-43-40-33-31-29-26-23-20-17-14-11-8-2/h29,31,61,64,70-71H,7-28,30,32-60,62-63,65-69H2,1-6H3,(H-,74,76,78,79)/p+1/b31-29+,64-61+. The molecule has 83 heavy (non-hydrogen) atoms. The lowest BCUT2D eigenvalue weighted by Gasteiger charge is -2.27. The van der Waals surface area contributed by atoms with Crippen LogP contribution in [0.1, 0.15) is 380 Å². The van der Waals surface area contributed by atoms with Crippen LogP contribution < -0.4 is 5.32 Å². The molecule has 0 aliphatic rings. The molecular weight excluding hydrogens is 1050 g/mol. The number of nitrogens with one attached hydrogen (secondary N) is 1. The largest absolute Gasteiger partial charge is 0.472 e. The zero-order valence-electron chi connectivity index (χ0n) is 56.5. The number of allylic oxidation sites excluding steroid dienone is 3. The molecule has 0 radical (unpaired) electrons. The Kier molecular flexibility index (Phi) is 62.4. The number of carbonyl (C=O) groups is 2. The summed E-state index contributed by atoms with van der Waals surface area (Å²) < 4.78 is 30.9. The molecule has 0 spiro atoms. The number of likely N-dealkylation sites (N-methyl/N-ethyl adjacent to an activating group) is 1. The summed E-state index contributed by atoms with van der Waals surface area (Å²) in [5, 5.41) is 3.08. The Morgan fingerprint density at radius 1 is 0.410 bits per heavy atom. The molecule has 1 amide bonds. The van der Waals surface area contributed by atoms with Gasteiger partial charge in [-0.2, -0.15) is 0 Å². The number of nitrogens with zero attached hydrogens (tertiary/aromatic N) is 1. The molecule has 0 saturated carbocycles. The number of esters is 1. The quantitative estimate of drug-likeness (QED) is 0.0205. The molecule has 3 atom stereocenters. The second-order valence-electron chi connectivity index (χ2n) is 26.5. The Labute approximate surface area is 517 Å². The van der Waals surface area contributed by atoms with E-state index in [-0.39, 0.29) is 25.1 Å². The van der Waals surface area contributed by atoms with Gasteiger partial charge in [-0.25, -0.2) is 4.57 Å². The van der Waals surface area contributed by atoms with E-state index < -0.39 is 20.0 Å². The molecule has 492 valence electrons. The minimum Gasteiger partial charge on any atom is -0.456 e. The number of hydrogen-bond acceptors (Lipinski definition) is 6. The molecule has 0 heterocycles. The van der Waals surface area contributed by atoms with Crippen LogP contribution in [0.15, 0.2) is 24.3 Å². The van der Waals surface area contributed by atoms with Gasteiger partial charge in [-0.3, -0.25) is 18.6 Å². The van der Waals surface area contributed by atoms with Crippen molar-refractivity contribution in [3.05, 3.63) is 24.3 Å². The zero-order valence-corrected chi connectivity index (χ0v) is 57.4. The average molecular weight is 1190 g/mol. The van der Waals surface area contributed by atoms with Gasteiger partial charge in [-0.05, 0) is 57.4 Å². The van der Waals surface area contributed by atoms with E-state index in [1.165, 1.54) is 289 Å². The smallest absolute Gasteiger partial charge is 0.456 e. The van der Waals surface area contributed by atoms with Crippen molar-refractivity contribution in [1.29, 1.82) is 0 Å². The first kappa shape index (κ1) is 81.5. The van der Waals surface area contributed by atoms with Gasteiger partial charge in [0.05, 0.1) is 33.8 Å². The first-order valence-electron chi connectivity index (χ1n) is 36.7. The first-order valence-corrected chi connectivity index (χ1v) is 38.2. The lowest BCUT2D eigenvalue weighted by atomic mass is 10.0. The summed E-state index contributed by atoms with van der Waals surface area (Å²) >= 11 is 0. The molecule has 0 rings (SSSR count). The molecule has 0 fully saturated rings. The van der Waals surface area contributed by atoms with E-state index in [2.05, 4.69) is 44.3 Å². The van der Waals surface area contributed by atoms with E-state index in [0.717, 1.165) is 57.8 Å². The summed E-state index contributed by atoms with van der Waals surface area (Å²) in [5.41, 5.74) is 0. The van der Waals surface area contributed by atoms with Crippen LogP contribution in [-0.4, -0.2) is 74.3 Å². The van der Waals surface area contributed by atoms with Gasteiger partial charge in [-0.1, -0.05) is 334 Å². The summed E-state index contributed by atoms with van der Waals surface area (Å²) in [5.74, 6) is -0.483. The Bertz CT molecular complexity index is 1470. The summed E-state index contributed by atoms with van der Waals surface area (Å²) in [6, 6.07) is -0.845. The lowest BCUT2D eigenvalue weighted by molar-refractivity contribution is -0.870. The average Bonchev–Trinajstić information content (AvgIpc) is 3.46. The minimum atomic E-state index is -4.45. The molecule has 0 aromatic carbocycles.